The minimum Gasteiger partial charge on any atom is -0.303 e. The molecule has 1 aliphatic carbocycles. The zero-order valence-corrected chi connectivity index (χ0v) is 14.8. The van der Waals surface area contributed by atoms with Crippen molar-refractivity contribution in [3.63, 3.8) is 0 Å². The van der Waals surface area contributed by atoms with Gasteiger partial charge in [-0.2, -0.15) is 5.10 Å². The molecule has 0 unspecified atom stereocenters. The van der Waals surface area contributed by atoms with Crippen LogP contribution in [0.2, 0.25) is 0 Å². The van der Waals surface area contributed by atoms with Crippen molar-refractivity contribution >= 4 is 0 Å². The number of hydrogen-bond donors (Lipinski definition) is 0. The molecule has 1 aromatic heterocycles. The van der Waals surface area contributed by atoms with E-state index in [4.69, 9.17) is 0 Å². The molecule has 4 rings (SSSR count). The summed E-state index contributed by atoms with van der Waals surface area (Å²) in [4.78, 5) is 15.5. The third kappa shape index (κ3) is 3.69. The van der Waals surface area contributed by atoms with Crippen LogP contribution in [0.3, 0.4) is 0 Å². The lowest BCUT2D eigenvalue weighted by Gasteiger charge is -2.33. The van der Waals surface area contributed by atoms with E-state index in [1.807, 2.05) is 36.4 Å². The molecule has 1 aromatic carbocycles. The highest BCUT2D eigenvalue weighted by atomic mass is 16.1. The molecule has 0 bridgehead atoms. The van der Waals surface area contributed by atoms with Crippen LogP contribution in [0.1, 0.15) is 44.6 Å². The van der Waals surface area contributed by atoms with Crippen molar-refractivity contribution in [3.05, 3.63) is 52.9 Å². The fourth-order valence-corrected chi connectivity index (χ4v) is 4.43. The molecule has 4 nitrogen and oxygen atoms in total. The van der Waals surface area contributed by atoms with Crippen molar-refractivity contribution in [2.75, 3.05) is 19.6 Å². The maximum absolute atomic E-state index is 12.9. The third-order valence-electron chi connectivity index (χ3n) is 5.85. The van der Waals surface area contributed by atoms with E-state index in [-0.39, 0.29) is 11.6 Å². The molecule has 132 valence electrons. The normalized spacial score (nSPS) is 20.2. The molecular weight excluding hydrogens is 310 g/mol. The average molecular weight is 337 g/mol. The van der Waals surface area contributed by atoms with Gasteiger partial charge in [-0.3, -0.25) is 4.79 Å². The van der Waals surface area contributed by atoms with Crippen molar-refractivity contribution in [1.82, 2.24) is 14.7 Å². The van der Waals surface area contributed by atoms with Gasteiger partial charge in [0, 0.05) is 25.8 Å². The monoisotopic (exact) mass is 337 g/mol. The molecule has 4 heteroatoms. The van der Waals surface area contributed by atoms with Crippen molar-refractivity contribution in [2.24, 2.45) is 5.92 Å². The molecule has 1 saturated heterocycles. The van der Waals surface area contributed by atoms with Crippen LogP contribution in [-0.2, 0) is 0 Å². The summed E-state index contributed by atoms with van der Waals surface area (Å²) in [5.74, 6) is 0.902. The third-order valence-corrected chi connectivity index (χ3v) is 5.85. The summed E-state index contributed by atoms with van der Waals surface area (Å²) in [5, 5.41) is 4.40. The molecule has 0 amide bonds. The highest BCUT2D eigenvalue weighted by Gasteiger charge is 2.25. The van der Waals surface area contributed by atoms with E-state index in [1.165, 1.54) is 32.2 Å². The van der Waals surface area contributed by atoms with Crippen molar-refractivity contribution in [3.8, 4) is 11.1 Å². The Balaban J connectivity index is 1.45. The number of hydrogen-bond acceptors (Lipinski definition) is 3. The first-order valence-corrected chi connectivity index (χ1v) is 9.67. The predicted molar refractivity (Wildman–Crippen MR) is 101 cm³/mol. The van der Waals surface area contributed by atoms with Gasteiger partial charge in [-0.25, -0.2) is 4.68 Å². The van der Waals surface area contributed by atoms with Crippen LogP contribution in [0, 0.1) is 5.92 Å². The molecule has 2 heterocycles. The first-order chi connectivity index (χ1) is 12.3. The van der Waals surface area contributed by atoms with Gasteiger partial charge in [0.1, 0.15) is 0 Å². The summed E-state index contributed by atoms with van der Waals surface area (Å²) in [6.07, 6.45) is 9.45. The van der Waals surface area contributed by atoms with Gasteiger partial charge in [-0.15, -0.1) is 0 Å². The Morgan fingerprint density at radius 1 is 0.960 bits per heavy atom. The number of piperidine rings is 1. The van der Waals surface area contributed by atoms with Crippen LogP contribution >= 0.6 is 0 Å². The molecule has 0 radical (unpaired) electrons. The largest absolute Gasteiger partial charge is 0.303 e. The van der Waals surface area contributed by atoms with Gasteiger partial charge in [0.25, 0.3) is 5.56 Å². The Kier molecular flexibility index (Phi) is 4.97. The van der Waals surface area contributed by atoms with Crippen LogP contribution in [0.15, 0.2) is 47.4 Å². The van der Waals surface area contributed by atoms with Crippen LogP contribution in [0.25, 0.3) is 11.1 Å². The summed E-state index contributed by atoms with van der Waals surface area (Å²) in [6.45, 7) is 3.43. The second kappa shape index (κ2) is 7.52. The lowest BCUT2D eigenvalue weighted by molar-refractivity contribution is 0.156. The van der Waals surface area contributed by atoms with E-state index in [1.54, 1.807) is 10.9 Å². The highest BCUT2D eigenvalue weighted by molar-refractivity contribution is 5.61. The number of nitrogens with zero attached hydrogens (tertiary/aromatic N) is 3. The molecule has 0 spiro atoms. The van der Waals surface area contributed by atoms with E-state index in [9.17, 15) is 4.79 Å². The number of likely N-dealkylation sites (tertiary alicyclic amines) is 1. The first-order valence-electron chi connectivity index (χ1n) is 9.67. The molecule has 0 atom stereocenters. The minimum absolute atomic E-state index is 0.0444. The smallest absolute Gasteiger partial charge is 0.274 e. The molecule has 1 aliphatic heterocycles. The number of benzene rings is 1. The van der Waals surface area contributed by atoms with Gasteiger partial charge in [0.15, 0.2) is 0 Å². The van der Waals surface area contributed by atoms with E-state index in [0.717, 1.165) is 43.0 Å². The Labute approximate surface area is 149 Å². The molecule has 2 aliphatic rings. The lowest BCUT2D eigenvalue weighted by Crippen LogP contribution is -2.40. The second-order valence-corrected chi connectivity index (χ2v) is 7.54. The average Bonchev–Trinajstić information content (AvgIpc) is 3.17. The van der Waals surface area contributed by atoms with E-state index >= 15 is 0 Å². The summed E-state index contributed by atoms with van der Waals surface area (Å²) in [7, 11) is 0. The summed E-state index contributed by atoms with van der Waals surface area (Å²) < 4.78 is 1.73. The Bertz CT molecular complexity index is 741. The Morgan fingerprint density at radius 3 is 2.40 bits per heavy atom. The Morgan fingerprint density at radius 2 is 1.68 bits per heavy atom. The van der Waals surface area contributed by atoms with Crippen LogP contribution in [0.4, 0.5) is 0 Å². The summed E-state index contributed by atoms with van der Waals surface area (Å²) in [5.41, 5.74) is 1.77. The second-order valence-electron chi connectivity index (χ2n) is 7.54. The van der Waals surface area contributed by atoms with Crippen molar-refractivity contribution in [1.29, 1.82) is 0 Å². The van der Waals surface area contributed by atoms with E-state index < -0.39 is 0 Å². The molecule has 0 N–H and O–H groups in total. The predicted octanol–water partition coefficient (Wildman–Crippen LogP) is 3.74. The maximum atomic E-state index is 12.9. The van der Waals surface area contributed by atoms with Gasteiger partial charge in [-0.1, -0.05) is 43.2 Å². The number of rotatable bonds is 4. The standard InChI is InChI=1S/C21H27N3O/c25-21-20(18-8-2-1-3-9-18)10-13-22-24(21)19-11-14-23(15-12-19)16-17-6-4-5-7-17/h1-3,8-10,13,17,19H,4-7,11-12,14-16H2. The highest BCUT2D eigenvalue weighted by Crippen LogP contribution is 2.28. The van der Waals surface area contributed by atoms with Crippen LogP contribution in [-0.4, -0.2) is 34.3 Å². The maximum Gasteiger partial charge on any atom is 0.274 e. The zero-order valence-electron chi connectivity index (χ0n) is 14.8. The fourth-order valence-electron chi connectivity index (χ4n) is 4.43. The van der Waals surface area contributed by atoms with Crippen molar-refractivity contribution < 1.29 is 0 Å². The van der Waals surface area contributed by atoms with E-state index in [2.05, 4.69) is 10.00 Å². The topological polar surface area (TPSA) is 38.1 Å². The molecule has 2 aromatic rings. The van der Waals surface area contributed by atoms with Gasteiger partial charge in [-0.05, 0) is 43.2 Å². The quantitative estimate of drug-likeness (QED) is 0.853. The van der Waals surface area contributed by atoms with Gasteiger partial charge in [0.2, 0.25) is 0 Å². The first kappa shape index (κ1) is 16.5. The summed E-state index contributed by atoms with van der Waals surface area (Å²) >= 11 is 0. The van der Waals surface area contributed by atoms with Crippen LogP contribution in [0.5, 0.6) is 0 Å². The zero-order chi connectivity index (χ0) is 17.1. The molecule has 25 heavy (non-hydrogen) atoms. The van der Waals surface area contributed by atoms with Gasteiger partial charge < -0.3 is 4.90 Å². The summed E-state index contributed by atoms with van der Waals surface area (Å²) in [6, 6.07) is 12.0. The lowest BCUT2D eigenvalue weighted by atomic mass is 10.0. The fraction of sp³-hybridized carbons (Fsp3) is 0.524. The molecule has 1 saturated carbocycles. The number of aromatic nitrogens is 2. The van der Waals surface area contributed by atoms with Crippen molar-refractivity contribution in [2.45, 2.75) is 44.6 Å². The van der Waals surface area contributed by atoms with E-state index in [0.29, 0.717) is 0 Å². The molecular formula is C21H27N3O. The minimum atomic E-state index is 0.0444. The van der Waals surface area contributed by atoms with Crippen LogP contribution < -0.4 is 5.56 Å². The Hall–Kier alpha value is -1.94. The SMILES string of the molecule is O=c1c(-c2ccccc2)ccnn1C1CCN(CC2CCCC2)CC1. The molecule has 2 fully saturated rings. The van der Waals surface area contributed by atoms with Gasteiger partial charge in [0.05, 0.1) is 11.6 Å². The van der Waals surface area contributed by atoms with Gasteiger partial charge >= 0.3 is 0 Å².